The molecule has 4 amide bonds. The fourth-order valence-electron chi connectivity index (χ4n) is 11.2. The van der Waals surface area contributed by atoms with Crippen molar-refractivity contribution >= 4 is 62.1 Å². The molecule has 3 aromatic heterocycles. The van der Waals surface area contributed by atoms with Gasteiger partial charge < -0.3 is 40.0 Å². The lowest BCUT2D eigenvalue weighted by Gasteiger charge is -2.36. The molecule has 0 unspecified atom stereocenters. The topological polar surface area (TPSA) is 259 Å². The van der Waals surface area contributed by atoms with Crippen molar-refractivity contribution in [1.29, 1.82) is 0 Å². The van der Waals surface area contributed by atoms with Crippen molar-refractivity contribution in [1.82, 2.24) is 55.5 Å². The van der Waals surface area contributed by atoms with Crippen molar-refractivity contribution in [3.63, 3.8) is 0 Å². The molecule has 22 nitrogen and oxygen atoms in total. The van der Waals surface area contributed by atoms with Gasteiger partial charge >= 0.3 is 6.09 Å². The molecule has 5 aromatic rings. The van der Waals surface area contributed by atoms with Gasteiger partial charge in [-0.1, -0.05) is 43.5 Å². The molecule has 3 fully saturated rings. The SMILES string of the molecule is Cc1[nH]nc(Nc2ncnc3cc(OCCN4CCN(c5ncc(O[C@H]6C[C@@H](C(=O)N[C@@H]7CCCc8ccccc87)N(C(=O)[C@@H](NC(=O)[C@H](C)N(C)C(=O)OC(C)(C)C)C7CCCCC7)C6)cn5)CC4)c(S(=O)(=O)C(C)(C)C)cc23)c1C. The molecule has 2 aliphatic heterocycles. The number of carbonyl (C=O) groups is 4. The molecule has 5 atom stereocenters. The molecule has 82 heavy (non-hydrogen) atoms. The number of sulfone groups is 1. The minimum absolute atomic E-state index is 0.0569. The Morgan fingerprint density at radius 3 is 2.29 bits per heavy atom. The molecular weight excluding hydrogens is 1070 g/mol. The van der Waals surface area contributed by atoms with Gasteiger partial charge in [0.05, 0.1) is 35.2 Å². The molecule has 0 radical (unpaired) electrons. The minimum Gasteiger partial charge on any atom is -0.491 e. The molecule has 2 aromatic carbocycles. The van der Waals surface area contributed by atoms with Crippen LogP contribution in [0.4, 0.5) is 22.4 Å². The number of hydrogen-bond donors (Lipinski definition) is 4. The van der Waals surface area contributed by atoms with Gasteiger partial charge in [-0.05, 0) is 118 Å². The van der Waals surface area contributed by atoms with E-state index in [1.807, 2.05) is 26.0 Å². The first-order chi connectivity index (χ1) is 38.9. The highest BCUT2D eigenvalue weighted by molar-refractivity contribution is 7.92. The van der Waals surface area contributed by atoms with Gasteiger partial charge in [-0.15, -0.1) is 0 Å². The number of H-pyrrole nitrogens is 1. The molecule has 2 aliphatic carbocycles. The average Bonchev–Trinajstić information content (AvgIpc) is 3.00. The van der Waals surface area contributed by atoms with Gasteiger partial charge in [-0.2, -0.15) is 5.10 Å². The van der Waals surface area contributed by atoms with Crippen LogP contribution in [0, 0.1) is 19.8 Å². The van der Waals surface area contributed by atoms with E-state index in [9.17, 15) is 22.8 Å². The fraction of sp³-hybridized carbons (Fsp3) is 0.576. The van der Waals surface area contributed by atoms with E-state index < -0.39 is 56.4 Å². The molecule has 2 saturated heterocycles. The molecule has 4 N–H and O–H groups in total. The van der Waals surface area contributed by atoms with Crippen LogP contribution in [-0.4, -0.2) is 165 Å². The van der Waals surface area contributed by atoms with Gasteiger partial charge in [0.15, 0.2) is 21.4 Å². The van der Waals surface area contributed by atoms with Gasteiger partial charge in [-0.25, -0.2) is 33.1 Å². The predicted molar refractivity (Wildman–Crippen MR) is 311 cm³/mol. The lowest BCUT2D eigenvalue weighted by molar-refractivity contribution is -0.143. The van der Waals surface area contributed by atoms with Crippen molar-refractivity contribution in [2.45, 2.75) is 166 Å². The Kier molecular flexibility index (Phi) is 18.0. The zero-order valence-corrected chi connectivity index (χ0v) is 49.9. The summed E-state index contributed by atoms with van der Waals surface area (Å²) in [6.45, 7) is 19.2. The molecule has 4 aliphatic rings. The van der Waals surface area contributed by atoms with E-state index in [-0.39, 0.29) is 54.0 Å². The zero-order chi connectivity index (χ0) is 58.7. The number of nitrogens with one attached hydrogen (secondary N) is 4. The van der Waals surface area contributed by atoms with Crippen molar-refractivity contribution < 1.29 is 41.8 Å². The number of hydrogen-bond acceptors (Lipinski definition) is 17. The second kappa shape index (κ2) is 24.8. The second-order valence-corrected chi connectivity index (χ2v) is 27.0. The Morgan fingerprint density at radius 2 is 1.61 bits per heavy atom. The van der Waals surface area contributed by atoms with Crippen LogP contribution < -0.4 is 30.3 Å². The van der Waals surface area contributed by atoms with Crippen molar-refractivity contribution in [3.05, 3.63) is 77.5 Å². The Morgan fingerprint density at radius 1 is 0.890 bits per heavy atom. The predicted octanol–water partition coefficient (Wildman–Crippen LogP) is 7.14. The van der Waals surface area contributed by atoms with E-state index in [1.165, 1.54) is 23.8 Å². The fourth-order valence-corrected chi connectivity index (χ4v) is 12.5. The number of ether oxygens (including phenoxy) is 3. The number of nitrogens with zero attached hydrogens (tertiary/aromatic N) is 9. The van der Waals surface area contributed by atoms with Crippen molar-refractivity contribution in [2.24, 2.45) is 5.92 Å². The highest BCUT2D eigenvalue weighted by Crippen LogP contribution is 2.38. The number of piperazine rings is 1. The van der Waals surface area contributed by atoms with Gasteiger partial charge in [0.25, 0.3) is 0 Å². The van der Waals surface area contributed by atoms with Crippen molar-refractivity contribution in [2.75, 3.05) is 63.1 Å². The number of aromatic nitrogens is 6. The molecule has 5 heterocycles. The first-order valence-corrected chi connectivity index (χ1v) is 30.3. The number of benzene rings is 2. The lowest BCUT2D eigenvalue weighted by Crippen LogP contribution is -2.59. The summed E-state index contributed by atoms with van der Waals surface area (Å²) in [7, 11) is -2.37. The summed E-state index contributed by atoms with van der Waals surface area (Å²) in [5.41, 5.74) is 3.83. The highest BCUT2D eigenvalue weighted by atomic mass is 32.2. The Bertz CT molecular complexity index is 3220. The van der Waals surface area contributed by atoms with Gasteiger partial charge in [0.2, 0.25) is 23.7 Å². The summed E-state index contributed by atoms with van der Waals surface area (Å²) >= 11 is 0. The van der Waals surface area contributed by atoms with Crippen molar-refractivity contribution in [3.8, 4) is 11.5 Å². The number of rotatable bonds is 17. The Labute approximate surface area is 481 Å². The molecule has 442 valence electrons. The number of aromatic amines is 1. The zero-order valence-electron chi connectivity index (χ0n) is 49.1. The first-order valence-electron chi connectivity index (χ1n) is 28.8. The summed E-state index contributed by atoms with van der Waals surface area (Å²) in [5, 5.41) is 17.4. The number of likely N-dealkylation sites (tertiary alicyclic amines) is 1. The molecule has 9 rings (SSSR count). The Balaban J connectivity index is 0.851. The van der Waals surface area contributed by atoms with Crippen LogP contribution in [0.25, 0.3) is 10.9 Å². The maximum atomic E-state index is 15.2. The van der Waals surface area contributed by atoms with Crippen LogP contribution in [-0.2, 0) is 35.4 Å². The van der Waals surface area contributed by atoms with Crippen LogP contribution in [0.15, 0.2) is 60.0 Å². The first kappa shape index (κ1) is 59.5. The van der Waals surface area contributed by atoms with Gasteiger partial charge in [0.1, 0.15) is 59.2 Å². The molecule has 23 heteroatoms. The molecule has 0 bridgehead atoms. The smallest absolute Gasteiger partial charge is 0.410 e. The largest absolute Gasteiger partial charge is 0.491 e. The third-order valence-corrected chi connectivity index (χ3v) is 18.9. The monoisotopic (exact) mass is 1150 g/mol. The van der Waals surface area contributed by atoms with Crippen LogP contribution in [0.1, 0.15) is 128 Å². The summed E-state index contributed by atoms with van der Waals surface area (Å²) in [4.78, 5) is 82.4. The second-order valence-electron chi connectivity index (χ2n) is 24.3. The number of carbonyl (C=O) groups excluding carboxylic acids is 4. The van der Waals surface area contributed by atoms with Crippen LogP contribution in [0.3, 0.4) is 0 Å². The third kappa shape index (κ3) is 13.5. The van der Waals surface area contributed by atoms with E-state index in [2.05, 4.69) is 58.0 Å². The quantitative estimate of drug-likeness (QED) is 0.0721. The molecular formula is C59H81N13O9S. The van der Waals surface area contributed by atoms with E-state index in [4.69, 9.17) is 24.2 Å². The van der Waals surface area contributed by atoms with Gasteiger partial charge in [-0.3, -0.25) is 29.3 Å². The number of anilines is 3. The van der Waals surface area contributed by atoms with E-state index in [1.54, 1.807) is 77.9 Å². The number of fused-ring (bicyclic) bond motifs is 2. The number of likely N-dealkylation sites (N-methyl/N-ethyl adjacent to an activating group) is 1. The summed E-state index contributed by atoms with van der Waals surface area (Å²) in [6.07, 6.45) is 10.5. The minimum atomic E-state index is -3.87. The number of amides is 4. The van der Waals surface area contributed by atoms with Crippen LogP contribution in [0.5, 0.6) is 11.5 Å². The third-order valence-electron chi connectivity index (χ3n) is 16.4. The van der Waals surface area contributed by atoms with E-state index >= 15 is 4.79 Å². The highest BCUT2D eigenvalue weighted by Gasteiger charge is 2.46. The standard InChI is InChI=1S/C59H81N13O9S/c1-36-37(2)67-68-51(36)66-52-44-30-49(82(77,78)59(7,8)9)48(31-46(44)62-35-63-52)79-28-27-70-23-25-71(26-24-70)56-60-32-42(33-61-56)80-41-29-47(54(74)64-45-22-16-20-39-17-14-15-21-43(39)45)72(34-41)55(75)50(40-18-12-11-13-19-40)65-53(73)38(3)69(10)57(76)81-58(4,5)6/h14-15,17,21,30-33,35,38,40-41,45,47,50H,11-13,16,18-20,22-29,34H2,1-10H3,(H,64,74)(H,65,73)(H2,62,63,66,67,68)/t38-,41-,45+,47-,50-/m0/s1. The lowest BCUT2D eigenvalue weighted by atomic mass is 9.83. The average molecular weight is 1150 g/mol. The normalized spacial score (nSPS) is 19.9. The van der Waals surface area contributed by atoms with Crippen LogP contribution >= 0.6 is 0 Å². The maximum absolute atomic E-state index is 15.2. The summed E-state index contributed by atoms with van der Waals surface area (Å²) in [5.74, 6) is 0.830. The Hall–Kier alpha value is -7.14. The molecule has 1 saturated carbocycles. The molecule has 0 spiro atoms. The van der Waals surface area contributed by atoms with E-state index in [0.717, 1.165) is 68.2 Å². The maximum Gasteiger partial charge on any atom is 0.410 e. The van der Waals surface area contributed by atoms with E-state index in [0.29, 0.717) is 67.0 Å². The number of aryl methyl sites for hydroxylation is 2. The summed E-state index contributed by atoms with van der Waals surface area (Å²) < 4.78 is 45.5. The van der Waals surface area contributed by atoms with Gasteiger partial charge in [0, 0.05) is 68.9 Å². The summed E-state index contributed by atoms with van der Waals surface area (Å²) in [6, 6.07) is 8.39. The van der Waals surface area contributed by atoms with Crippen LogP contribution in [0.2, 0.25) is 0 Å².